The van der Waals surface area contributed by atoms with Crippen molar-refractivity contribution >= 4 is 0 Å². The Morgan fingerprint density at radius 1 is 1.17 bits per heavy atom. The van der Waals surface area contributed by atoms with Crippen molar-refractivity contribution in [3.05, 3.63) is 47.0 Å². The van der Waals surface area contributed by atoms with Gasteiger partial charge in [-0.2, -0.15) is 0 Å². The number of ether oxygens (including phenoxy) is 4. The summed E-state index contributed by atoms with van der Waals surface area (Å²) in [5, 5.41) is 10.8. The maximum atomic E-state index is 10.8. The van der Waals surface area contributed by atoms with Gasteiger partial charge in [0.1, 0.15) is 5.75 Å². The second-order valence-electron chi connectivity index (χ2n) is 7.74. The molecule has 1 N–H and O–H groups in total. The van der Waals surface area contributed by atoms with Gasteiger partial charge < -0.3 is 24.1 Å². The van der Waals surface area contributed by atoms with E-state index in [1.165, 1.54) is 11.1 Å². The van der Waals surface area contributed by atoms with Crippen molar-refractivity contribution in [1.82, 2.24) is 4.90 Å². The van der Waals surface area contributed by atoms with Crippen molar-refractivity contribution < 1.29 is 24.1 Å². The zero-order valence-electron chi connectivity index (χ0n) is 17.3. The fraction of sp³-hybridized carbons (Fsp3) is 0.478. The molecular formula is C23H29NO5. The van der Waals surface area contributed by atoms with Crippen LogP contribution in [-0.4, -0.2) is 50.7 Å². The highest BCUT2D eigenvalue weighted by molar-refractivity contribution is 5.61. The molecular weight excluding hydrogens is 370 g/mol. The first-order valence-corrected chi connectivity index (χ1v) is 10.1. The minimum absolute atomic E-state index is 0.0778. The lowest BCUT2D eigenvalue weighted by Gasteiger charge is -2.37. The monoisotopic (exact) mass is 399 g/mol. The first-order valence-electron chi connectivity index (χ1n) is 10.1. The van der Waals surface area contributed by atoms with Gasteiger partial charge in [0, 0.05) is 18.2 Å². The van der Waals surface area contributed by atoms with Crippen LogP contribution in [0.2, 0.25) is 0 Å². The van der Waals surface area contributed by atoms with Crippen LogP contribution in [0.5, 0.6) is 23.0 Å². The lowest BCUT2D eigenvalue weighted by molar-refractivity contribution is 0.101. The van der Waals surface area contributed by atoms with Gasteiger partial charge in [0.15, 0.2) is 11.5 Å². The third-order valence-electron chi connectivity index (χ3n) is 5.97. The normalized spacial score (nSPS) is 19.0. The molecule has 2 aliphatic heterocycles. The van der Waals surface area contributed by atoms with Crippen molar-refractivity contribution in [3.8, 4) is 23.0 Å². The number of methoxy groups -OCH3 is 2. The van der Waals surface area contributed by atoms with E-state index in [0.717, 1.165) is 42.2 Å². The van der Waals surface area contributed by atoms with Gasteiger partial charge in [-0.1, -0.05) is 12.1 Å². The van der Waals surface area contributed by atoms with Gasteiger partial charge in [0.25, 0.3) is 0 Å². The molecule has 29 heavy (non-hydrogen) atoms. The average molecular weight is 399 g/mol. The standard InChI is InChI=1S/C23H29NO5/c1-24-11-10-16-12-20-22(29-14-28-20)23(27-3)21(16)19(24)13-17(25)7-4-15-5-8-18(26-2)9-6-15/h5-6,8-9,12,17,19,25H,4,7,10-11,13-14H2,1-3H3. The zero-order chi connectivity index (χ0) is 20.4. The third-order valence-corrected chi connectivity index (χ3v) is 5.97. The van der Waals surface area contributed by atoms with Crippen molar-refractivity contribution in [1.29, 1.82) is 0 Å². The van der Waals surface area contributed by atoms with Crippen LogP contribution in [0.1, 0.15) is 35.6 Å². The van der Waals surface area contributed by atoms with Gasteiger partial charge in [0.2, 0.25) is 12.5 Å². The molecule has 0 bridgehead atoms. The summed E-state index contributed by atoms with van der Waals surface area (Å²) in [5.41, 5.74) is 3.54. The third kappa shape index (κ3) is 4.00. The second-order valence-corrected chi connectivity index (χ2v) is 7.74. The van der Waals surface area contributed by atoms with Crippen LogP contribution in [0.4, 0.5) is 0 Å². The summed E-state index contributed by atoms with van der Waals surface area (Å²) in [7, 11) is 5.44. The van der Waals surface area contributed by atoms with E-state index in [-0.39, 0.29) is 12.8 Å². The second kappa shape index (κ2) is 8.51. The molecule has 2 aromatic rings. The fourth-order valence-corrected chi connectivity index (χ4v) is 4.32. The number of rotatable bonds is 7. The van der Waals surface area contributed by atoms with E-state index in [9.17, 15) is 5.11 Å². The Bertz CT molecular complexity index is 851. The lowest BCUT2D eigenvalue weighted by Crippen LogP contribution is -2.34. The SMILES string of the molecule is COc1ccc(CCC(O)CC2c3c(cc4c(c3OC)OCO4)CCN2C)cc1. The smallest absolute Gasteiger partial charge is 0.231 e. The molecule has 0 amide bonds. The highest BCUT2D eigenvalue weighted by Gasteiger charge is 2.34. The Morgan fingerprint density at radius 3 is 2.69 bits per heavy atom. The number of hydrogen-bond donors (Lipinski definition) is 1. The van der Waals surface area contributed by atoms with Crippen molar-refractivity contribution in [2.75, 3.05) is 34.6 Å². The molecule has 0 saturated carbocycles. The Labute approximate surface area is 171 Å². The summed E-state index contributed by atoms with van der Waals surface area (Å²) in [4.78, 5) is 2.30. The average Bonchev–Trinajstić information content (AvgIpc) is 3.21. The first kappa shape index (κ1) is 19.9. The van der Waals surface area contributed by atoms with Crippen LogP contribution in [0, 0.1) is 0 Å². The van der Waals surface area contributed by atoms with E-state index in [4.69, 9.17) is 18.9 Å². The molecule has 2 aliphatic rings. The molecule has 2 heterocycles. The number of likely N-dealkylation sites (N-methyl/N-ethyl adjacent to an activating group) is 1. The van der Waals surface area contributed by atoms with Crippen LogP contribution < -0.4 is 18.9 Å². The van der Waals surface area contributed by atoms with E-state index in [2.05, 4.69) is 30.1 Å². The van der Waals surface area contributed by atoms with Crippen molar-refractivity contribution in [2.45, 2.75) is 37.8 Å². The van der Waals surface area contributed by atoms with Crippen LogP contribution >= 0.6 is 0 Å². The molecule has 0 fully saturated rings. The van der Waals surface area contributed by atoms with E-state index >= 15 is 0 Å². The minimum Gasteiger partial charge on any atom is -0.497 e. The molecule has 6 nitrogen and oxygen atoms in total. The predicted molar refractivity (Wildman–Crippen MR) is 110 cm³/mol. The molecule has 2 unspecified atom stereocenters. The summed E-state index contributed by atoms with van der Waals surface area (Å²) in [6.45, 7) is 1.16. The fourth-order valence-electron chi connectivity index (χ4n) is 4.32. The van der Waals surface area contributed by atoms with E-state index in [1.54, 1.807) is 14.2 Å². The van der Waals surface area contributed by atoms with Gasteiger partial charge >= 0.3 is 0 Å². The summed E-state index contributed by atoms with van der Waals surface area (Å²) in [6.07, 6.45) is 2.70. The number of aliphatic hydroxyl groups excluding tert-OH is 1. The van der Waals surface area contributed by atoms with Crippen LogP contribution in [-0.2, 0) is 12.8 Å². The summed E-state index contributed by atoms with van der Waals surface area (Å²) in [5.74, 6) is 3.03. The predicted octanol–water partition coefficient (Wildman–Crippen LogP) is 3.35. The number of hydrogen-bond acceptors (Lipinski definition) is 6. The van der Waals surface area contributed by atoms with Gasteiger partial charge in [-0.25, -0.2) is 0 Å². The molecule has 0 aliphatic carbocycles. The molecule has 6 heteroatoms. The van der Waals surface area contributed by atoms with E-state index < -0.39 is 6.10 Å². The highest BCUT2D eigenvalue weighted by Crippen LogP contribution is 2.50. The topological polar surface area (TPSA) is 60.4 Å². The summed E-state index contributed by atoms with van der Waals surface area (Å²) >= 11 is 0. The molecule has 0 radical (unpaired) electrons. The van der Waals surface area contributed by atoms with Crippen molar-refractivity contribution in [3.63, 3.8) is 0 Å². The Hall–Kier alpha value is -2.44. The molecule has 0 saturated heterocycles. The van der Waals surface area contributed by atoms with E-state index in [1.807, 2.05) is 12.1 Å². The zero-order valence-corrected chi connectivity index (χ0v) is 17.3. The Morgan fingerprint density at radius 2 is 1.97 bits per heavy atom. The molecule has 0 spiro atoms. The van der Waals surface area contributed by atoms with E-state index in [0.29, 0.717) is 18.6 Å². The summed E-state index contributed by atoms with van der Waals surface area (Å²) < 4.78 is 22.2. The van der Waals surface area contributed by atoms with Crippen LogP contribution in [0.3, 0.4) is 0 Å². The molecule has 0 aromatic heterocycles. The van der Waals surface area contributed by atoms with Gasteiger partial charge in [-0.3, -0.25) is 4.90 Å². The summed E-state index contributed by atoms with van der Waals surface area (Å²) in [6, 6.07) is 10.2. The Balaban J connectivity index is 1.50. The molecule has 2 aromatic carbocycles. The lowest BCUT2D eigenvalue weighted by atomic mass is 9.87. The maximum absolute atomic E-state index is 10.8. The van der Waals surface area contributed by atoms with Gasteiger partial charge in [-0.15, -0.1) is 0 Å². The molecule has 4 rings (SSSR count). The number of aliphatic hydroxyl groups is 1. The van der Waals surface area contributed by atoms with Gasteiger partial charge in [-0.05, 0) is 62.1 Å². The highest BCUT2D eigenvalue weighted by atomic mass is 16.7. The number of benzene rings is 2. The largest absolute Gasteiger partial charge is 0.497 e. The molecule has 156 valence electrons. The maximum Gasteiger partial charge on any atom is 0.231 e. The number of aryl methyl sites for hydroxylation is 1. The molecule has 2 atom stereocenters. The minimum atomic E-state index is -0.411. The van der Waals surface area contributed by atoms with Gasteiger partial charge in [0.05, 0.1) is 20.3 Å². The quantitative estimate of drug-likeness (QED) is 0.771. The van der Waals surface area contributed by atoms with Crippen LogP contribution in [0.15, 0.2) is 30.3 Å². The first-order chi connectivity index (χ1) is 14.1. The Kier molecular flexibility index (Phi) is 5.83. The van der Waals surface area contributed by atoms with Crippen LogP contribution in [0.25, 0.3) is 0 Å². The number of fused-ring (bicyclic) bond motifs is 2. The van der Waals surface area contributed by atoms with Crippen molar-refractivity contribution in [2.24, 2.45) is 0 Å². The number of nitrogens with zero attached hydrogens (tertiary/aromatic N) is 1.